The van der Waals surface area contributed by atoms with Gasteiger partial charge in [0.2, 0.25) is 0 Å². The molecule has 0 fully saturated rings. The van der Waals surface area contributed by atoms with Crippen LogP contribution in [-0.2, 0) is 11.2 Å². The van der Waals surface area contributed by atoms with Gasteiger partial charge in [-0.05, 0) is 45.0 Å². The zero-order chi connectivity index (χ0) is 17.7. The van der Waals surface area contributed by atoms with Crippen molar-refractivity contribution in [3.8, 4) is 0 Å². The molecule has 24 heavy (non-hydrogen) atoms. The van der Waals surface area contributed by atoms with Crippen LogP contribution in [0, 0.1) is 0 Å². The highest BCUT2D eigenvalue weighted by molar-refractivity contribution is 5.97. The van der Waals surface area contributed by atoms with Crippen LogP contribution in [0.2, 0.25) is 0 Å². The van der Waals surface area contributed by atoms with E-state index >= 15 is 0 Å². The second kappa shape index (κ2) is 7.34. The Morgan fingerprint density at radius 2 is 1.88 bits per heavy atom. The van der Waals surface area contributed by atoms with E-state index in [1.54, 1.807) is 40.0 Å². The van der Waals surface area contributed by atoms with Gasteiger partial charge < -0.3 is 4.74 Å². The maximum atomic E-state index is 12.4. The predicted octanol–water partition coefficient (Wildman–Crippen LogP) is 3.62. The number of nitrogens with zero attached hydrogens (tertiary/aromatic N) is 2. The van der Waals surface area contributed by atoms with Crippen molar-refractivity contribution >= 4 is 11.8 Å². The van der Waals surface area contributed by atoms with Gasteiger partial charge >= 0.3 is 5.97 Å². The van der Waals surface area contributed by atoms with Gasteiger partial charge in [0.15, 0.2) is 5.78 Å². The summed E-state index contributed by atoms with van der Waals surface area (Å²) < 4.78 is 5.40. The monoisotopic (exact) mass is 326 g/mol. The molecule has 0 aliphatic carbocycles. The summed E-state index contributed by atoms with van der Waals surface area (Å²) in [4.78, 5) is 33.0. The lowest BCUT2D eigenvalue weighted by Crippen LogP contribution is -2.24. The molecule has 0 spiro atoms. The van der Waals surface area contributed by atoms with Crippen molar-refractivity contribution in [2.75, 3.05) is 0 Å². The van der Waals surface area contributed by atoms with Crippen LogP contribution in [-0.4, -0.2) is 27.3 Å². The fraction of sp³-hybridized carbons (Fsp3) is 0.368. The summed E-state index contributed by atoms with van der Waals surface area (Å²) in [5, 5.41) is 0. The Bertz CT molecular complexity index is 734. The van der Waals surface area contributed by atoms with Gasteiger partial charge in [0.1, 0.15) is 11.3 Å². The van der Waals surface area contributed by atoms with Gasteiger partial charge in [0.25, 0.3) is 0 Å². The third-order valence-corrected chi connectivity index (χ3v) is 3.21. The highest BCUT2D eigenvalue weighted by Gasteiger charge is 2.20. The molecule has 2 aromatic rings. The van der Waals surface area contributed by atoms with E-state index < -0.39 is 11.6 Å². The van der Waals surface area contributed by atoms with Gasteiger partial charge in [-0.15, -0.1) is 0 Å². The van der Waals surface area contributed by atoms with E-state index in [1.165, 1.54) is 6.07 Å². The van der Waals surface area contributed by atoms with E-state index in [9.17, 15) is 9.59 Å². The second-order valence-electron chi connectivity index (χ2n) is 6.51. The summed E-state index contributed by atoms with van der Waals surface area (Å²) >= 11 is 0. The molecule has 2 heterocycles. The van der Waals surface area contributed by atoms with E-state index in [2.05, 4.69) is 9.97 Å². The molecule has 5 heteroatoms. The first-order chi connectivity index (χ1) is 11.3. The normalized spacial score (nSPS) is 11.2. The van der Waals surface area contributed by atoms with Crippen LogP contribution >= 0.6 is 0 Å². The first-order valence-electron chi connectivity index (χ1n) is 7.96. The Balaban J connectivity index is 2.38. The molecule has 126 valence electrons. The third-order valence-electron chi connectivity index (χ3n) is 3.21. The van der Waals surface area contributed by atoms with Crippen molar-refractivity contribution in [1.29, 1.82) is 0 Å². The molecule has 0 saturated heterocycles. The number of carbonyl (C=O) groups excluding carboxylic acids is 2. The van der Waals surface area contributed by atoms with Gasteiger partial charge in [0, 0.05) is 30.4 Å². The van der Waals surface area contributed by atoms with Crippen molar-refractivity contribution in [3.63, 3.8) is 0 Å². The topological polar surface area (TPSA) is 69.2 Å². The Kier molecular flexibility index (Phi) is 5.44. The molecule has 0 amide bonds. The molecule has 2 rings (SSSR count). The molecule has 0 aromatic carbocycles. The number of carbonyl (C=O) groups is 2. The highest BCUT2D eigenvalue weighted by atomic mass is 16.6. The van der Waals surface area contributed by atoms with E-state index in [-0.39, 0.29) is 11.5 Å². The highest BCUT2D eigenvalue weighted by Crippen LogP contribution is 2.16. The molecular weight excluding hydrogens is 304 g/mol. The Morgan fingerprint density at radius 1 is 1.12 bits per heavy atom. The molecule has 0 saturated carbocycles. The minimum Gasteiger partial charge on any atom is -0.456 e. The molecule has 2 aromatic heterocycles. The standard InChI is InChI=1S/C19H22N2O3/c1-5-17(22)16-11-13(18(23)24-19(2,3)4)10-15(21-16)12-14-8-6-7-9-20-14/h6-11H,5,12H2,1-4H3. The quantitative estimate of drug-likeness (QED) is 0.620. The zero-order valence-corrected chi connectivity index (χ0v) is 14.5. The number of hydrogen-bond acceptors (Lipinski definition) is 5. The molecule has 0 radical (unpaired) electrons. The third kappa shape index (κ3) is 4.98. The molecule has 0 unspecified atom stereocenters. The van der Waals surface area contributed by atoms with E-state index in [4.69, 9.17) is 4.74 Å². The molecular formula is C19H22N2O3. The first-order valence-corrected chi connectivity index (χ1v) is 7.96. The fourth-order valence-corrected chi connectivity index (χ4v) is 2.15. The summed E-state index contributed by atoms with van der Waals surface area (Å²) in [5.74, 6) is -0.569. The SMILES string of the molecule is CCC(=O)c1cc(C(=O)OC(C)(C)C)cc(Cc2ccccn2)n1. The molecule has 5 nitrogen and oxygen atoms in total. The minimum absolute atomic E-state index is 0.109. The molecule has 0 bridgehead atoms. The van der Waals surface area contributed by atoms with Crippen LogP contribution < -0.4 is 0 Å². The van der Waals surface area contributed by atoms with E-state index in [1.807, 2.05) is 18.2 Å². The molecule has 0 aliphatic heterocycles. The van der Waals surface area contributed by atoms with Gasteiger partial charge in [-0.3, -0.25) is 9.78 Å². The number of aromatic nitrogens is 2. The molecule has 0 aliphatic rings. The Hall–Kier alpha value is -2.56. The number of rotatable bonds is 5. The van der Waals surface area contributed by atoms with Crippen molar-refractivity contribution in [3.05, 3.63) is 59.2 Å². The van der Waals surface area contributed by atoms with Crippen molar-refractivity contribution < 1.29 is 14.3 Å². The summed E-state index contributed by atoms with van der Waals surface area (Å²) in [6.07, 6.45) is 2.47. The predicted molar refractivity (Wildman–Crippen MR) is 91.1 cm³/mol. The second-order valence-corrected chi connectivity index (χ2v) is 6.51. The lowest BCUT2D eigenvalue weighted by molar-refractivity contribution is 0.00692. The first kappa shape index (κ1) is 17.8. The number of pyridine rings is 2. The largest absolute Gasteiger partial charge is 0.456 e. The van der Waals surface area contributed by atoms with Crippen molar-refractivity contribution in [2.45, 2.75) is 46.1 Å². The maximum Gasteiger partial charge on any atom is 0.338 e. The molecule has 0 N–H and O–H groups in total. The van der Waals surface area contributed by atoms with E-state index in [0.29, 0.717) is 24.1 Å². The Morgan fingerprint density at radius 3 is 2.46 bits per heavy atom. The van der Waals surface area contributed by atoms with Crippen LogP contribution in [0.4, 0.5) is 0 Å². The average molecular weight is 326 g/mol. The van der Waals surface area contributed by atoms with Crippen LogP contribution in [0.25, 0.3) is 0 Å². The number of ether oxygens (including phenoxy) is 1. The summed E-state index contributed by atoms with van der Waals surface area (Å²) in [6, 6.07) is 8.76. The minimum atomic E-state index is -0.601. The van der Waals surface area contributed by atoms with Crippen LogP contribution in [0.5, 0.6) is 0 Å². The van der Waals surface area contributed by atoms with Gasteiger partial charge in [0.05, 0.1) is 5.56 Å². The van der Waals surface area contributed by atoms with Crippen molar-refractivity contribution in [1.82, 2.24) is 9.97 Å². The van der Waals surface area contributed by atoms with Gasteiger partial charge in [-0.2, -0.15) is 0 Å². The van der Waals surface area contributed by atoms with Crippen molar-refractivity contribution in [2.24, 2.45) is 0 Å². The smallest absolute Gasteiger partial charge is 0.338 e. The number of Topliss-reactive ketones (excluding diaryl/α,β-unsaturated/α-hetero) is 1. The van der Waals surface area contributed by atoms with Crippen LogP contribution in [0.3, 0.4) is 0 Å². The van der Waals surface area contributed by atoms with Gasteiger partial charge in [-0.25, -0.2) is 9.78 Å². The van der Waals surface area contributed by atoms with Crippen LogP contribution in [0.1, 0.15) is 66.4 Å². The zero-order valence-electron chi connectivity index (χ0n) is 14.5. The maximum absolute atomic E-state index is 12.4. The lowest BCUT2D eigenvalue weighted by atomic mass is 10.1. The summed E-state index contributed by atoms with van der Waals surface area (Å²) in [7, 11) is 0. The number of hydrogen-bond donors (Lipinski definition) is 0. The van der Waals surface area contributed by atoms with Gasteiger partial charge in [-0.1, -0.05) is 13.0 Å². The molecule has 0 atom stereocenters. The lowest BCUT2D eigenvalue weighted by Gasteiger charge is -2.19. The average Bonchev–Trinajstić information content (AvgIpc) is 2.53. The summed E-state index contributed by atoms with van der Waals surface area (Å²) in [5.41, 5.74) is 1.46. The summed E-state index contributed by atoms with van der Waals surface area (Å²) in [6.45, 7) is 7.18. The fourth-order valence-electron chi connectivity index (χ4n) is 2.15. The Labute approximate surface area is 142 Å². The van der Waals surface area contributed by atoms with E-state index in [0.717, 1.165) is 5.69 Å². The number of esters is 1. The number of ketones is 1. The van der Waals surface area contributed by atoms with Crippen LogP contribution in [0.15, 0.2) is 36.5 Å².